The van der Waals surface area contributed by atoms with Crippen LogP contribution in [0.2, 0.25) is 0 Å². The molecule has 0 atom stereocenters. The van der Waals surface area contributed by atoms with E-state index in [2.05, 4.69) is 30.3 Å². The lowest BCUT2D eigenvalue weighted by Crippen LogP contribution is -2.04. The number of hydrogen-bond donors (Lipinski definition) is 1. The van der Waals surface area contributed by atoms with Gasteiger partial charge < -0.3 is 10.5 Å². The summed E-state index contributed by atoms with van der Waals surface area (Å²) >= 11 is 0. The molecule has 1 heterocycles. The van der Waals surface area contributed by atoms with E-state index in [4.69, 9.17) is 10.5 Å². The van der Waals surface area contributed by atoms with Gasteiger partial charge in [-0.3, -0.25) is 0 Å². The van der Waals surface area contributed by atoms with Crippen LogP contribution in [0.1, 0.15) is 17.5 Å². The Hall–Kier alpha value is -1.12. The molecule has 1 aliphatic heterocycles. The van der Waals surface area contributed by atoms with Crippen molar-refractivity contribution in [2.24, 2.45) is 5.73 Å². The minimum absolute atomic E-state index is 0.609. The van der Waals surface area contributed by atoms with Crippen LogP contribution < -0.4 is 5.73 Å². The van der Waals surface area contributed by atoms with Crippen molar-refractivity contribution in [1.29, 1.82) is 0 Å². The first-order valence-corrected chi connectivity index (χ1v) is 4.96. The van der Waals surface area contributed by atoms with Crippen LogP contribution in [-0.2, 0) is 11.3 Å². The first-order chi connectivity index (χ1) is 6.90. The van der Waals surface area contributed by atoms with Gasteiger partial charge in [0.15, 0.2) is 0 Å². The summed E-state index contributed by atoms with van der Waals surface area (Å²) in [5, 5.41) is 0. The van der Waals surface area contributed by atoms with E-state index >= 15 is 0 Å². The first kappa shape index (κ1) is 9.44. The van der Waals surface area contributed by atoms with Gasteiger partial charge in [0.25, 0.3) is 0 Å². The Bertz CT molecular complexity index is 344. The predicted molar refractivity (Wildman–Crippen MR) is 57.7 cm³/mol. The van der Waals surface area contributed by atoms with E-state index < -0.39 is 0 Å². The van der Waals surface area contributed by atoms with Crippen LogP contribution in [0.25, 0.3) is 5.57 Å². The molecule has 0 saturated heterocycles. The van der Waals surface area contributed by atoms with Gasteiger partial charge in [0.2, 0.25) is 0 Å². The summed E-state index contributed by atoms with van der Waals surface area (Å²) in [4.78, 5) is 0. The number of nitrogens with two attached hydrogens (primary N) is 1. The number of benzene rings is 1. The van der Waals surface area contributed by atoms with Crippen LogP contribution in [0.4, 0.5) is 0 Å². The lowest BCUT2D eigenvalue weighted by atomic mass is 10.00. The van der Waals surface area contributed by atoms with Gasteiger partial charge in [-0.2, -0.15) is 0 Å². The van der Waals surface area contributed by atoms with E-state index in [1.165, 1.54) is 16.7 Å². The second-order valence-corrected chi connectivity index (χ2v) is 3.46. The molecule has 2 N–H and O–H groups in total. The number of ether oxygens (including phenoxy) is 1. The summed E-state index contributed by atoms with van der Waals surface area (Å²) < 4.78 is 5.28. The van der Waals surface area contributed by atoms with Crippen molar-refractivity contribution < 1.29 is 4.74 Å². The fourth-order valence-electron chi connectivity index (χ4n) is 1.69. The summed E-state index contributed by atoms with van der Waals surface area (Å²) in [5.41, 5.74) is 9.46. The van der Waals surface area contributed by atoms with E-state index in [1.54, 1.807) is 0 Å². The molecule has 2 rings (SSSR count). The predicted octanol–water partition coefficient (Wildman–Crippen LogP) is 1.95. The SMILES string of the molecule is NCc1cccc(C2=CCOCC2)c1. The fourth-order valence-corrected chi connectivity index (χ4v) is 1.69. The average molecular weight is 189 g/mol. The third-order valence-electron chi connectivity index (χ3n) is 2.50. The van der Waals surface area contributed by atoms with Gasteiger partial charge in [-0.05, 0) is 23.1 Å². The van der Waals surface area contributed by atoms with E-state index in [0.717, 1.165) is 19.6 Å². The van der Waals surface area contributed by atoms with Crippen molar-refractivity contribution in [3.05, 3.63) is 41.5 Å². The molecule has 0 unspecified atom stereocenters. The van der Waals surface area contributed by atoms with Gasteiger partial charge in [0, 0.05) is 6.54 Å². The minimum atomic E-state index is 0.609. The van der Waals surface area contributed by atoms with Crippen LogP contribution in [-0.4, -0.2) is 13.2 Å². The zero-order chi connectivity index (χ0) is 9.80. The molecule has 2 nitrogen and oxygen atoms in total. The molecule has 1 aliphatic rings. The highest BCUT2D eigenvalue weighted by atomic mass is 16.5. The van der Waals surface area contributed by atoms with E-state index in [9.17, 15) is 0 Å². The summed E-state index contributed by atoms with van der Waals surface area (Å²) in [6.07, 6.45) is 3.16. The van der Waals surface area contributed by atoms with Crippen molar-refractivity contribution in [3.63, 3.8) is 0 Å². The first-order valence-electron chi connectivity index (χ1n) is 4.96. The summed E-state index contributed by atoms with van der Waals surface area (Å²) in [5.74, 6) is 0. The van der Waals surface area contributed by atoms with Crippen LogP contribution in [0.5, 0.6) is 0 Å². The lowest BCUT2D eigenvalue weighted by Gasteiger charge is -2.14. The highest BCUT2D eigenvalue weighted by Gasteiger charge is 2.06. The Balaban J connectivity index is 2.26. The fraction of sp³-hybridized carbons (Fsp3) is 0.333. The van der Waals surface area contributed by atoms with Crippen molar-refractivity contribution in [3.8, 4) is 0 Å². The molecule has 1 aromatic carbocycles. The Kier molecular flexibility index (Phi) is 2.96. The van der Waals surface area contributed by atoms with E-state index in [-0.39, 0.29) is 0 Å². The van der Waals surface area contributed by atoms with E-state index in [1.807, 2.05) is 0 Å². The van der Waals surface area contributed by atoms with Crippen LogP contribution in [0.15, 0.2) is 30.3 Å². The molecule has 2 heteroatoms. The monoisotopic (exact) mass is 189 g/mol. The summed E-state index contributed by atoms with van der Waals surface area (Å²) in [7, 11) is 0. The molecule has 0 radical (unpaired) electrons. The van der Waals surface area contributed by atoms with E-state index in [0.29, 0.717) is 6.54 Å². The zero-order valence-electron chi connectivity index (χ0n) is 8.20. The van der Waals surface area contributed by atoms with Crippen molar-refractivity contribution in [2.45, 2.75) is 13.0 Å². The normalized spacial score (nSPS) is 16.5. The smallest absolute Gasteiger partial charge is 0.0653 e. The highest BCUT2D eigenvalue weighted by Crippen LogP contribution is 2.21. The van der Waals surface area contributed by atoms with Crippen LogP contribution in [0.3, 0.4) is 0 Å². The molecule has 0 bridgehead atoms. The second kappa shape index (κ2) is 4.40. The molecule has 0 aromatic heterocycles. The molecule has 14 heavy (non-hydrogen) atoms. The Morgan fingerprint density at radius 2 is 2.29 bits per heavy atom. The summed E-state index contributed by atoms with van der Waals surface area (Å²) in [6.45, 7) is 2.18. The molecule has 0 fully saturated rings. The summed E-state index contributed by atoms with van der Waals surface area (Å²) in [6, 6.07) is 8.42. The van der Waals surface area contributed by atoms with Gasteiger partial charge >= 0.3 is 0 Å². The molecule has 0 aliphatic carbocycles. The van der Waals surface area contributed by atoms with Crippen molar-refractivity contribution >= 4 is 5.57 Å². The maximum absolute atomic E-state index is 5.60. The molecule has 0 saturated carbocycles. The Morgan fingerprint density at radius 3 is 3.00 bits per heavy atom. The average Bonchev–Trinajstić information content (AvgIpc) is 2.30. The molecule has 0 amide bonds. The third-order valence-corrected chi connectivity index (χ3v) is 2.50. The second-order valence-electron chi connectivity index (χ2n) is 3.46. The molecule has 1 aromatic rings. The van der Waals surface area contributed by atoms with Crippen LogP contribution >= 0.6 is 0 Å². The molecular weight excluding hydrogens is 174 g/mol. The maximum atomic E-state index is 5.60. The Labute approximate surface area is 84.4 Å². The Morgan fingerprint density at radius 1 is 1.36 bits per heavy atom. The third kappa shape index (κ3) is 2.03. The number of rotatable bonds is 2. The van der Waals surface area contributed by atoms with Gasteiger partial charge in [-0.15, -0.1) is 0 Å². The quantitative estimate of drug-likeness (QED) is 0.771. The van der Waals surface area contributed by atoms with Gasteiger partial charge in [0.1, 0.15) is 0 Å². The van der Waals surface area contributed by atoms with Gasteiger partial charge in [-0.1, -0.05) is 30.3 Å². The van der Waals surface area contributed by atoms with Crippen LogP contribution in [0, 0.1) is 0 Å². The zero-order valence-corrected chi connectivity index (χ0v) is 8.20. The topological polar surface area (TPSA) is 35.2 Å². The standard InChI is InChI=1S/C12H15NO/c13-9-10-2-1-3-12(8-10)11-4-6-14-7-5-11/h1-4,8H,5-7,9,13H2. The number of hydrogen-bond acceptors (Lipinski definition) is 2. The highest BCUT2D eigenvalue weighted by molar-refractivity contribution is 5.66. The minimum Gasteiger partial charge on any atom is -0.377 e. The van der Waals surface area contributed by atoms with Gasteiger partial charge in [0.05, 0.1) is 13.2 Å². The lowest BCUT2D eigenvalue weighted by molar-refractivity contribution is 0.161. The maximum Gasteiger partial charge on any atom is 0.0653 e. The van der Waals surface area contributed by atoms with Crippen molar-refractivity contribution in [2.75, 3.05) is 13.2 Å². The van der Waals surface area contributed by atoms with Crippen molar-refractivity contribution in [1.82, 2.24) is 0 Å². The van der Waals surface area contributed by atoms with Gasteiger partial charge in [-0.25, -0.2) is 0 Å². The largest absolute Gasteiger partial charge is 0.377 e. The molecule has 0 spiro atoms. The molecular formula is C12H15NO. The molecule has 74 valence electrons.